The standard InChI is InChI=1S/C14H26N4O4S/c1-10(2)18(11(3)4)8-7-15-23(21,22)12-9-16(5)14(20)17(6)13(12)19/h9-11,15H,7-8H2,1-6H3. The molecule has 1 aromatic heterocycles. The van der Waals surface area contributed by atoms with Crippen molar-refractivity contribution in [3.63, 3.8) is 0 Å². The van der Waals surface area contributed by atoms with Crippen LogP contribution in [0.5, 0.6) is 0 Å². The average Bonchev–Trinajstić information content (AvgIpc) is 2.44. The van der Waals surface area contributed by atoms with Gasteiger partial charge in [-0.3, -0.25) is 14.3 Å². The van der Waals surface area contributed by atoms with Crippen molar-refractivity contribution in [2.24, 2.45) is 14.1 Å². The first-order valence-corrected chi connectivity index (χ1v) is 8.99. The van der Waals surface area contributed by atoms with Gasteiger partial charge in [0.15, 0.2) is 4.90 Å². The third-order valence-electron chi connectivity index (χ3n) is 3.69. The second-order valence-electron chi connectivity index (χ2n) is 6.07. The molecular formula is C14H26N4O4S. The van der Waals surface area contributed by atoms with Crippen molar-refractivity contribution in [2.45, 2.75) is 44.7 Å². The number of nitrogens with one attached hydrogen (secondary N) is 1. The van der Waals surface area contributed by atoms with Gasteiger partial charge in [-0.25, -0.2) is 17.9 Å². The van der Waals surface area contributed by atoms with Crippen LogP contribution in [0.2, 0.25) is 0 Å². The van der Waals surface area contributed by atoms with Gasteiger partial charge >= 0.3 is 5.69 Å². The number of sulfonamides is 1. The molecule has 0 amide bonds. The van der Waals surface area contributed by atoms with Crippen molar-refractivity contribution in [3.8, 4) is 0 Å². The molecule has 1 heterocycles. The second kappa shape index (κ2) is 7.41. The summed E-state index contributed by atoms with van der Waals surface area (Å²) in [6.45, 7) is 8.87. The van der Waals surface area contributed by atoms with Crippen LogP contribution < -0.4 is 16.0 Å². The van der Waals surface area contributed by atoms with E-state index in [1.165, 1.54) is 14.1 Å². The molecule has 0 fully saturated rings. The van der Waals surface area contributed by atoms with E-state index in [2.05, 4.69) is 9.62 Å². The molecule has 1 rings (SSSR count). The molecule has 0 radical (unpaired) electrons. The van der Waals surface area contributed by atoms with Crippen LogP contribution in [0.25, 0.3) is 0 Å². The Labute approximate surface area is 136 Å². The number of aryl methyl sites for hydroxylation is 1. The number of hydrogen-bond donors (Lipinski definition) is 1. The zero-order valence-electron chi connectivity index (χ0n) is 14.5. The lowest BCUT2D eigenvalue weighted by atomic mass is 10.2. The van der Waals surface area contributed by atoms with Gasteiger partial charge in [0, 0.05) is 45.5 Å². The van der Waals surface area contributed by atoms with Crippen molar-refractivity contribution < 1.29 is 8.42 Å². The summed E-state index contributed by atoms with van der Waals surface area (Å²) >= 11 is 0. The molecule has 1 N–H and O–H groups in total. The van der Waals surface area contributed by atoms with Gasteiger partial charge < -0.3 is 4.57 Å². The highest BCUT2D eigenvalue weighted by molar-refractivity contribution is 7.89. The molecule has 0 aliphatic carbocycles. The minimum Gasteiger partial charge on any atom is -0.302 e. The fourth-order valence-corrected chi connectivity index (χ4v) is 3.64. The van der Waals surface area contributed by atoms with Crippen molar-refractivity contribution >= 4 is 10.0 Å². The second-order valence-corrected chi connectivity index (χ2v) is 7.81. The Morgan fingerprint density at radius 2 is 1.65 bits per heavy atom. The molecule has 1 aromatic rings. The minimum absolute atomic E-state index is 0.185. The molecule has 0 unspecified atom stereocenters. The quantitative estimate of drug-likeness (QED) is 0.717. The summed E-state index contributed by atoms with van der Waals surface area (Å²) in [6.07, 6.45) is 1.05. The van der Waals surface area contributed by atoms with E-state index in [1.807, 2.05) is 27.7 Å². The van der Waals surface area contributed by atoms with Crippen LogP contribution in [0.4, 0.5) is 0 Å². The predicted octanol–water partition coefficient (Wildman–Crippen LogP) is -0.519. The van der Waals surface area contributed by atoms with E-state index in [9.17, 15) is 18.0 Å². The number of rotatable bonds is 7. The molecule has 132 valence electrons. The van der Waals surface area contributed by atoms with E-state index < -0.39 is 26.2 Å². The van der Waals surface area contributed by atoms with E-state index in [1.54, 1.807) is 0 Å². The molecular weight excluding hydrogens is 320 g/mol. The maximum absolute atomic E-state index is 12.3. The first kappa shape index (κ1) is 19.6. The molecule has 0 atom stereocenters. The van der Waals surface area contributed by atoms with Crippen LogP contribution in [0.3, 0.4) is 0 Å². The van der Waals surface area contributed by atoms with Gasteiger partial charge in [0.1, 0.15) is 0 Å². The van der Waals surface area contributed by atoms with Gasteiger partial charge in [-0.2, -0.15) is 0 Å². The van der Waals surface area contributed by atoms with Crippen molar-refractivity contribution in [3.05, 3.63) is 27.0 Å². The van der Waals surface area contributed by atoms with Crippen LogP contribution in [-0.4, -0.2) is 47.6 Å². The summed E-state index contributed by atoms with van der Waals surface area (Å²) in [5.74, 6) is 0. The molecule has 9 heteroatoms. The maximum Gasteiger partial charge on any atom is 0.330 e. The monoisotopic (exact) mass is 346 g/mol. The molecule has 0 saturated carbocycles. The van der Waals surface area contributed by atoms with Gasteiger partial charge in [-0.15, -0.1) is 0 Å². The zero-order chi connectivity index (χ0) is 17.9. The highest BCUT2D eigenvalue weighted by Gasteiger charge is 2.22. The summed E-state index contributed by atoms with van der Waals surface area (Å²) in [4.78, 5) is 25.4. The Bertz CT molecular complexity index is 754. The van der Waals surface area contributed by atoms with Gasteiger partial charge in [0.05, 0.1) is 0 Å². The fraction of sp³-hybridized carbons (Fsp3) is 0.714. The molecule has 23 heavy (non-hydrogen) atoms. The topological polar surface area (TPSA) is 93.4 Å². The lowest BCUT2D eigenvalue weighted by Gasteiger charge is -2.30. The van der Waals surface area contributed by atoms with Gasteiger partial charge in [-0.05, 0) is 27.7 Å². The normalized spacial score (nSPS) is 12.6. The first-order valence-electron chi connectivity index (χ1n) is 7.51. The van der Waals surface area contributed by atoms with Crippen LogP contribution in [-0.2, 0) is 24.1 Å². The number of aromatic nitrogens is 2. The van der Waals surface area contributed by atoms with E-state index in [-0.39, 0.29) is 18.6 Å². The first-order chi connectivity index (χ1) is 10.5. The summed E-state index contributed by atoms with van der Waals surface area (Å²) < 4.78 is 29.0. The van der Waals surface area contributed by atoms with Crippen LogP contribution in [0.15, 0.2) is 20.7 Å². The smallest absolute Gasteiger partial charge is 0.302 e. The number of nitrogens with zero attached hydrogens (tertiary/aromatic N) is 3. The molecule has 0 aliphatic heterocycles. The highest BCUT2D eigenvalue weighted by Crippen LogP contribution is 2.04. The Kier molecular flexibility index (Phi) is 6.32. The lowest BCUT2D eigenvalue weighted by Crippen LogP contribution is -2.44. The van der Waals surface area contributed by atoms with E-state index in [4.69, 9.17) is 0 Å². The summed E-state index contributed by atoms with van der Waals surface area (Å²) in [5, 5.41) is 0. The van der Waals surface area contributed by atoms with Crippen molar-refractivity contribution in [1.82, 2.24) is 18.8 Å². The summed E-state index contributed by atoms with van der Waals surface area (Å²) in [6, 6.07) is 0.565. The van der Waals surface area contributed by atoms with Gasteiger partial charge in [0.25, 0.3) is 5.56 Å². The number of hydrogen-bond acceptors (Lipinski definition) is 5. The van der Waals surface area contributed by atoms with E-state index in [0.29, 0.717) is 6.54 Å². The van der Waals surface area contributed by atoms with Gasteiger partial charge in [0.2, 0.25) is 10.0 Å². The van der Waals surface area contributed by atoms with Crippen LogP contribution >= 0.6 is 0 Å². The SMILES string of the molecule is CC(C)N(CCNS(=O)(=O)c1cn(C)c(=O)n(C)c1=O)C(C)C. The van der Waals surface area contributed by atoms with Crippen LogP contribution in [0.1, 0.15) is 27.7 Å². The van der Waals surface area contributed by atoms with Gasteiger partial charge in [-0.1, -0.05) is 0 Å². The maximum atomic E-state index is 12.3. The molecule has 0 bridgehead atoms. The van der Waals surface area contributed by atoms with Crippen LogP contribution in [0, 0.1) is 0 Å². The lowest BCUT2D eigenvalue weighted by molar-refractivity contribution is 0.179. The fourth-order valence-electron chi connectivity index (χ4n) is 2.46. The molecule has 0 aromatic carbocycles. The van der Waals surface area contributed by atoms with Crippen molar-refractivity contribution in [2.75, 3.05) is 13.1 Å². The predicted molar refractivity (Wildman–Crippen MR) is 89.1 cm³/mol. The van der Waals surface area contributed by atoms with Crippen molar-refractivity contribution in [1.29, 1.82) is 0 Å². The molecule has 8 nitrogen and oxygen atoms in total. The highest BCUT2D eigenvalue weighted by atomic mass is 32.2. The Hall–Kier alpha value is -1.45. The Morgan fingerprint density at radius 1 is 1.13 bits per heavy atom. The minimum atomic E-state index is -3.97. The summed E-state index contributed by atoms with van der Waals surface area (Å²) in [5.41, 5.74) is -1.40. The molecule has 0 saturated heterocycles. The largest absolute Gasteiger partial charge is 0.330 e. The molecule has 0 aliphatic rings. The zero-order valence-corrected chi connectivity index (χ0v) is 15.3. The third-order valence-corrected chi connectivity index (χ3v) is 5.14. The summed E-state index contributed by atoms with van der Waals surface area (Å²) in [7, 11) is -1.31. The third kappa shape index (κ3) is 4.52. The van der Waals surface area contributed by atoms with E-state index >= 15 is 0 Å². The van der Waals surface area contributed by atoms with E-state index in [0.717, 1.165) is 15.3 Å². The average molecular weight is 346 g/mol. The molecule has 0 spiro atoms. The Morgan fingerprint density at radius 3 is 2.13 bits per heavy atom. The Balaban J connectivity index is 2.98.